The summed E-state index contributed by atoms with van der Waals surface area (Å²) in [7, 11) is 1.31. The third-order valence-corrected chi connectivity index (χ3v) is 3.44. The quantitative estimate of drug-likeness (QED) is 0.666. The molecule has 1 amide bonds. The van der Waals surface area contributed by atoms with E-state index in [1.165, 1.54) is 7.11 Å². The largest absolute Gasteiger partial charge is 0.465 e. The average Bonchev–Trinajstić information content (AvgIpc) is 2.55. The lowest BCUT2D eigenvalue weighted by Crippen LogP contribution is -2.12. The third kappa shape index (κ3) is 4.30. The Hall–Kier alpha value is -2.40. The lowest BCUT2D eigenvalue weighted by molar-refractivity contribution is -0.112. The van der Waals surface area contributed by atoms with Crippen LogP contribution in [0, 0.1) is 0 Å². The van der Waals surface area contributed by atoms with Crippen LogP contribution in [0.25, 0.3) is 6.08 Å². The van der Waals surface area contributed by atoms with Crippen molar-refractivity contribution < 1.29 is 14.3 Å². The molecular weight excluding hydrogens is 346 g/mol. The van der Waals surface area contributed by atoms with Gasteiger partial charge in [0.15, 0.2) is 0 Å². The Kier molecular flexibility index (Phi) is 5.49. The molecule has 0 heterocycles. The van der Waals surface area contributed by atoms with Crippen molar-refractivity contribution in [3.63, 3.8) is 0 Å². The van der Waals surface area contributed by atoms with Gasteiger partial charge in [0.05, 0.1) is 17.2 Å². The number of benzene rings is 2. The fraction of sp³-hybridized carbons (Fsp3) is 0.0588. The van der Waals surface area contributed by atoms with E-state index >= 15 is 0 Å². The first-order chi connectivity index (χ1) is 10.6. The van der Waals surface area contributed by atoms with Crippen LogP contribution in [0.4, 0.5) is 5.69 Å². The molecule has 0 fully saturated rings. The topological polar surface area (TPSA) is 55.4 Å². The number of hydrogen-bond donors (Lipinski definition) is 1. The molecule has 0 aliphatic carbocycles. The van der Waals surface area contributed by atoms with Gasteiger partial charge >= 0.3 is 5.97 Å². The maximum atomic E-state index is 12.1. The summed E-state index contributed by atoms with van der Waals surface area (Å²) in [5, 5.41) is 2.72. The van der Waals surface area contributed by atoms with Crippen LogP contribution < -0.4 is 5.32 Å². The van der Waals surface area contributed by atoms with Crippen molar-refractivity contribution in [2.75, 3.05) is 12.4 Å². The number of ether oxygens (including phenoxy) is 1. The van der Waals surface area contributed by atoms with Crippen molar-refractivity contribution in [3.05, 3.63) is 70.2 Å². The molecule has 1 N–H and O–H groups in total. The van der Waals surface area contributed by atoms with Crippen molar-refractivity contribution in [1.82, 2.24) is 0 Å². The van der Waals surface area contributed by atoms with E-state index in [9.17, 15) is 9.59 Å². The molecule has 0 atom stereocenters. The Morgan fingerprint density at radius 1 is 1.09 bits per heavy atom. The number of methoxy groups -OCH3 is 1. The minimum atomic E-state index is -0.449. The zero-order valence-corrected chi connectivity index (χ0v) is 13.5. The molecule has 0 spiro atoms. The highest BCUT2D eigenvalue weighted by atomic mass is 79.9. The molecule has 0 radical (unpaired) electrons. The van der Waals surface area contributed by atoms with Crippen molar-refractivity contribution in [2.24, 2.45) is 0 Å². The van der Waals surface area contributed by atoms with Crippen LogP contribution in [-0.4, -0.2) is 19.0 Å². The van der Waals surface area contributed by atoms with E-state index < -0.39 is 5.97 Å². The Balaban J connectivity index is 2.12. The second kappa shape index (κ2) is 7.56. The highest BCUT2D eigenvalue weighted by Crippen LogP contribution is 2.17. The van der Waals surface area contributed by atoms with E-state index in [4.69, 9.17) is 0 Å². The van der Waals surface area contributed by atoms with E-state index in [1.54, 1.807) is 30.3 Å². The van der Waals surface area contributed by atoms with Crippen LogP contribution in [0.15, 0.2) is 59.1 Å². The molecule has 4 nitrogen and oxygen atoms in total. The summed E-state index contributed by atoms with van der Waals surface area (Å²) >= 11 is 3.26. The van der Waals surface area contributed by atoms with Gasteiger partial charge in [-0.1, -0.05) is 36.4 Å². The van der Waals surface area contributed by atoms with Gasteiger partial charge in [0.25, 0.3) is 5.91 Å². The van der Waals surface area contributed by atoms with Gasteiger partial charge in [-0.3, -0.25) is 4.79 Å². The standard InChI is InChI=1S/C17H14BrNO3/c1-22-17(21)13-8-5-9-14(11-13)19-16(20)15(18)10-12-6-3-2-4-7-12/h2-11H,1H3,(H,19,20). The minimum Gasteiger partial charge on any atom is -0.465 e. The van der Waals surface area contributed by atoms with Gasteiger partial charge in [-0.05, 0) is 45.8 Å². The Morgan fingerprint density at radius 2 is 1.82 bits per heavy atom. The lowest BCUT2D eigenvalue weighted by atomic mass is 10.2. The van der Waals surface area contributed by atoms with Crippen molar-refractivity contribution in [1.29, 1.82) is 0 Å². The molecule has 0 bridgehead atoms. The van der Waals surface area contributed by atoms with Gasteiger partial charge < -0.3 is 10.1 Å². The molecule has 0 saturated carbocycles. The smallest absolute Gasteiger partial charge is 0.337 e. The number of amides is 1. The maximum absolute atomic E-state index is 12.1. The number of esters is 1. The molecule has 0 saturated heterocycles. The second-order valence-electron chi connectivity index (χ2n) is 4.43. The van der Waals surface area contributed by atoms with Crippen LogP contribution in [0.3, 0.4) is 0 Å². The van der Waals surface area contributed by atoms with E-state index in [1.807, 2.05) is 30.3 Å². The number of nitrogens with one attached hydrogen (secondary N) is 1. The van der Waals surface area contributed by atoms with Crippen LogP contribution in [-0.2, 0) is 9.53 Å². The second-order valence-corrected chi connectivity index (χ2v) is 5.28. The maximum Gasteiger partial charge on any atom is 0.337 e. The van der Waals surface area contributed by atoms with Gasteiger partial charge in [-0.15, -0.1) is 0 Å². The lowest BCUT2D eigenvalue weighted by Gasteiger charge is -2.06. The summed E-state index contributed by atoms with van der Waals surface area (Å²) in [6.07, 6.45) is 1.72. The SMILES string of the molecule is COC(=O)c1cccc(NC(=O)C(Br)=Cc2ccccc2)c1. The third-order valence-electron chi connectivity index (χ3n) is 2.85. The first-order valence-corrected chi connectivity index (χ1v) is 7.31. The van der Waals surface area contributed by atoms with Crippen molar-refractivity contribution in [3.8, 4) is 0 Å². The van der Waals surface area contributed by atoms with E-state index in [0.29, 0.717) is 15.7 Å². The Morgan fingerprint density at radius 3 is 2.50 bits per heavy atom. The van der Waals surface area contributed by atoms with Gasteiger partial charge in [-0.2, -0.15) is 0 Å². The van der Waals surface area contributed by atoms with Gasteiger partial charge in [-0.25, -0.2) is 4.79 Å². The molecule has 5 heteroatoms. The van der Waals surface area contributed by atoms with Crippen LogP contribution in [0.1, 0.15) is 15.9 Å². The van der Waals surface area contributed by atoms with E-state index in [0.717, 1.165) is 5.56 Å². The van der Waals surface area contributed by atoms with Crippen LogP contribution in [0.2, 0.25) is 0 Å². The molecule has 0 aliphatic heterocycles. The molecule has 2 aromatic rings. The molecule has 112 valence electrons. The summed E-state index contributed by atoms with van der Waals surface area (Å²) in [5.41, 5.74) is 1.81. The number of carbonyl (C=O) groups excluding carboxylic acids is 2. The predicted octanol–water partition coefficient (Wildman–Crippen LogP) is 3.85. The summed E-state index contributed by atoms with van der Waals surface area (Å²) in [4.78, 5) is 23.6. The number of rotatable bonds is 4. The summed E-state index contributed by atoms with van der Waals surface area (Å²) < 4.78 is 5.04. The first kappa shape index (κ1) is 16.0. The zero-order valence-electron chi connectivity index (χ0n) is 11.9. The van der Waals surface area contributed by atoms with Gasteiger partial charge in [0.2, 0.25) is 0 Å². The highest BCUT2D eigenvalue weighted by Gasteiger charge is 2.09. The molecule has 2 rings (SSSR count). The monoisotopic (exact) mass is 359 g/mol. The number of halogens is 1. The van der Waals surface area contributed by atoms with Crippen molar-refractivity contribution in [2.45, 2.75) is 0 Å². The summed E-state index contributed by atoms with van der Waals surface area (Å²) in [5.74, 6) is -0.749. The van der Waals surface area contributed by atoms with E-state index in [2.05, 4.69) is 26.0 Å². The average molecular weight is 360 g/mol. The predicted molar refractivity (Wildman–Crippen MR) is 89.8 cm³/mol. The fourth-order valence-corrected chi connectivity index (χ4v) is 2.16. The minimum absolute atomic E-state index is 0.300. The molecule has 22 heavy (non-hydrogen) atoms. The first-order valence-electron chi connectivity index (χ1n) is 6.52. The van der Waals surface area contributed by atoms with Gasteiger partial charge in [0.1, 0.15) is 0 Å². The fourth-order valence-electron chi connectivity index (χ4n) is 1.79. The molecule has 0 aliphatic rings. The Labute approximate surface area is 136 Å². The molecule has 0 unspecified atom stereocenters. The molecule has 0 aromatic heterocycles. The number of anilines is 1. The van der Waals surface area contributed by atoms with Crippen LogP contribution in [0.5, 0.6) is 0 Å². The van der Waals surface area contributed by atoms with E-state index in [-0.39, 0.29) is 5.91 Å². The van der Waals surface area contributed by atoms with Crippen LogP contribution >= 0.6 is 15.9 Å². The normalized spacial score (nSPS) is 10.9. The molecule has 2 aromatic carbocycles. The molecular formula is C17H14BrNO3. The number of carbonyl (C=O) groups is 2. The summed E-state index contributed by atoms with van der Waals surface area (Å²) in [6.45, 7) is 0. The zero-order chi connectivity index (χ0) is 15.9. The van der Waals surface area contributed by atoms with Gasteiger partial charge in [0, 0.05) is 5.69 Å². The summed E-state index contributed by atoms with van der Waals surface area (Å²) in [6, 6.07) is 16.0. The number of hydrogen-bond acceptors (Lipinski definition) is 3. The Bertz CT molecular complexity index is 711. The highest BCUT2D eigenvalue weighted by molar-refractivity contribution is 9.12. The van der Waals surface area contributed by atoms with Crippen molar-refractivity contribution >= 4 is 39.6 Å².